The third kappa shape index (κ3) is 3.83. The van der Waals surface area contributed by atoms with E-state index in [2.05, 4.69) is 33.9 Å². The Hall–Kier alpha value is -3.47. The van der Waals surface area contributed by atoms with E-state index in [-0.39, 0.29) is 24.4 Å². The van der Waals surface area contributed by atoms with Crippen LogP contribution in [0.25, 0.3) is 10.9 Å². The molecule has 2 amide bonds. The van der Waals surface area contributed by atoms with Crippen LogP contribution < -0.4 is 5.32 Å². The number of aliphatic imine (C=N–C) groups is 1. The second kappa shape index (κ2) is 8.34. The van der Waals surface area contributed by atoms with Gasteiger partial charge < -0.3 is 9.88 Å². The van der Waals surface area contributed by atoms with Crippen LogP contribution in [-0.2, 0) is 4.79 Å². The first-order chi connectivity index (χ1) is 14.9. The third-order valence-electron chi connectivity index (χ3n) is 6.09. The Labute approximate surface area is 182 Å². The minimum absolute atomic E-state index is 0.0788. The van der Waals surface area contributed by atoms with Gasteiger partial charge in [0, 0.05) is 28.9 Å². The predicted octanol–water partition coefficient (Wildman–Crippen LogP) is 4.85. The minimum atomic E-state index is -0.412. The van der Waals surface area contributed by atoms with Crippen molar-refractivity contribution in [2.24, 2.45) is 10.9 Å². The Morgan fingerprint density at radius 2 is 1.74 bits per heavy atom. The van der Waals surface area contributed by atoms with Crippen LogP contribution in [0.15, 0.2) is 71.2 Å². The van der Waals surface area contributed by atoms with Gasteiger partial charge in [-0.15, -0.1) is 0 Å². The van der Waals surface area contributed by atoms with Crippen LogP contribution in [0.5, 0.6) is 0 Å². The first-order valence-corrected chi connectivity index (χ1v) is 10.6. The highest BCUT2D eigenvalue weighted by atomic mass is 16.2. The number of fused-ring (bicyclic) bond motifs is 1. The quantitative estimate of drug-likeness (QED) is 0.650. The number of para-hydroxylation sites is 1. The van der Waals surface area contributed by atoms with E-state index in [4.69, 9.17) is 0 Å². The number of carbonyl (C=O) groups is 2. The molecule has 2 atom stereocenters. The third-order valence-corrected chi connectivity index (χ3v) is 6.09. The van der Waals surface area contributed by atoms with Crippen molar-refractivity contribution in [3.05, 3.63) is 83.1 Å². The summed E-state index contributed by atoms with van der Waals surface area (Å²) in [6, 6.07) is 18.3. The molecule has 1 aliphatic rings. The highest BCUT2D eigenvalue weighted by Crippen LogP contribution is 2.32. The number of dihydropyridines is 1. The molecule has 4 rings (SSSR count). The van der Waals surface area contributed by atoms with Crippen molar-refractivity contribution in [2.45, 2.75) is 33.7 Å². The molecule has 1 aromatic heterocycles. The van der Waals surface area contributed by atoms with E-state index >= 15 is 0 Å². The zero-order valence-electron chi connectivity index (χ0n) is 18.3. The largest absolute Gasteiger partial charge is 0.351 e. The second-order valence-electron chi connectivity index (χ2n) is 8.18. The van der Waals surface area contributed by atoms with Gasteiger partial charge in [-0.25, -0.2) is 4.99 Å². The standard InChI is InChI=1S/C26H27N3O2/c1-16-14-17(2)28-25(30)22(16)15-27-26(31)24-19(4)29(23-13-9-8-12-21(23)24)18(3)20-10-6-5-7-11-20/h5-14,18,22H,15H2,1-4H3,(H,27,31). The number of hydrogen-bond acceptors (Lipinski definition) is 2. The fourth-order valence-electron chi connectivity index (χ4n) is 4.50. The average molecular weight is 414 g/mol. The summed E-state index contributed by atoms with van der Waals surface area (Å²) in [6.07, 6.45) is 1.90. The molecule has 31 heavy (non-hydrogen) atoms. The molecule has 0 fully saturated rings. The number of rotatable bonds is 5. The lowest BCUT2D eigenvalue weighted by molar-refractivity contribution is -0.120. The first kappa shape index (κ1) is 20.8. The lowest BCUT2D eigenvalue weighted by atomic mass is 9.95. The number of allylic oxidation sites excluding steroid dienone is 1. The molecule has 0 saturated heterocycles. The van der Waals surface area contributed by atoms with Gasteiger partial charge in [0.1, 0.15) is 0 Å². The number of benzene rings is 2. The number of aromatic nitrogens is 1. The van der Waals surface area contributed by atoms with Crippen molar-refractivity contribution < 1.29 is 9.59 Å². The van der Waals surface area contributed by atoms with Crippen LogP contribution in [0.4, 0.5) is 0 Å². The molecule has 2 heterocycles. The van der Waals surface area contributed by atoms with Crippen LogP contribution in [-0.4, -0.2) is 28.6 Å². The summed E-state index contributed by atoms with van der Waals surface area (Å²) in [7, 11) is 0. The Morgan fingerprint density at radius 1 is 1.06 bits per heavy atom. The van der Waals surface area contributed by atoms with Crippen LogP contribution in [0.3, 0.4) is 0 Å². The molecule has 3 aromatic rings. The fourth-order valence-corrected chi connectivity index (χ4v) is 4.50. The molecule has 2 unspecified atom stereocenters. The van der Waals surface area contributed by atoms with E-state index in [1.807, 2.05) is 69.3 Å². The molecule has 158 valence electrons. The summed E-state index contributed by atoms with van der Waals surface area (Å²) in [5.74, 6) is -0.779. The van der Waals surface area contributed by atoms with Gasteiger partial charge >= 0.3 is 0 Å². The molecular formula is C26H27N3O2. The van der Waals surface area contributed by atoms with Crippen molar-refractivity contribution >= 4 is 28.4 Å². The lowest BCUT2D eigenvalue weighted by Crippen LogP contribution is -2.35. The molecule has 0 saturated carbocycles. The predicted molar refractivity (Wildman–Crippen MR) is 125 cm³/mol. The number of hydrogen-bond donors (Lipinski definition) is 1. The minimum Gasteiger partial charge on any atom is -0.351 e. The lowest BCUT2D eigenvalue weighted by Gasteiger charge is -2.19. The van der Waals surface area contributed by atoms with Gasteiger partial charge in [0.15, 0.2) is 0 Å². The Balaban J connectivity index is 1.67. The molecule has 5 nitrogen and oxygen atoms in total. The van der Waals surface area contributed by atoms with E-state index in [0.29, 0.717) is 11.3 Å². The molecule has 2 aromatic carbocycles. The van der Waals surface area contributed by atoms with E-state index in [1.165, 1.54) is 5.56 Å². The maximum absolute atomic E-state index is 13.3. The van der Waals surface area contributed by atoms with E-state index < -0.39 is 5.92 Å². The number of carbonyl (C=O) groups excluding carboxylic acids is 2. The topological polar surface area (TPSA) is 63.5 Å². The summed E-state index contributed by atoms with van der Waals surface area (Å²) in [5.41, 5.74) is 5.40. The summed E-state index contributed by atoms with van der Waals surface area (Å²) in [4.78, 5) is 29.6. The van der Waals surface area contributed by atoms with Gasteiger partial charge in [-0.1, -0.05) is 54.1 Å². The van der Waals surface area contributed by atoms with Gasteiger partial charge in [-0.2, -0.15) is 0 Å². The monoisotopic (exact) mass is 413 g/mol. The summed E-state index contributed by atoms with van der Waals surface area (Å²) >= 11 is 0. The van der Waals surface area contributed by atoms with Crippen molar-refractivity contribution in [3.8, 4) is 0 Å². The molecule has 0 spiro atoms. The smallest absolute Gasteiger partial charge is 0.254 e. The van der Waals surface area contributed by atoms with Crippen LogP contribution in [0.1, 0.15) is 48.4 Å². The van der Waals surface area contributed by atoms with E-state index in [9.17, 15) is 9.59 Å². The molecule has 0 radical (unpaired) electrons. The van der Waals surface area contributed by atoms with Crippen molar-refractivity contribution in [1.29, 1.82) is 0 Å². The Kier molecular flexibility index (Phi) is 5.59. The van der Waals surface area contributed by atoms with Crippen LogP contribution in [0.2, 0.25) is 0 Å². The maximum atomic E-state index is 13.3. The zero-order chi connectivity index (χ0) is 22.1. The summed E-state index contributed by atoms with van der Waals surface area (Å²) in [5, 5.41) is 3.90. The van der Waals surface area contributed by atoms with Crippen LogP contribution in [0, 0.1) is 12.8 Å². The molecule has 5 heteroatoms. The first-order valence-electron chi connectivity index (χ1n) is 10.6. The number of amides is 2. The van der Waals surface area contributed by atoms with E-state index in [1.54, 1.807) is 0 Å². The van der Waals surface area contributed by atoms with E-state index in [0.717, 1.165) is 22.2 Å². The molecular weight excluding hydrogens is 386 g/mol. The van der Waals surface area contributed by atoms with Crippen LogP contribution >= 0.6 is 0 Å². The number of nitrogens with zero attached hydrogens (tertiary/aromatic N) is 2. The fraction of sp³-hybridized carbons (Fsp3) is 0.269. The van der Waals surface area contributed by atoms with Crippen molar-refractivity contribution in [3.63, 3.8) is 0 Å². The zero-order valence-corrected chi connectivity index (χ0v) is 18.3. The molecule has 0 aliphatic carbocycles. The maximum Gasteiger partial charge on any atom is 0.254 e. The summed E-state index contributed by atoms with van der Waals surface area (Å²) < 4.78 is 2.21. The van der Waals surface area contributed by atoms with Gasteiger partial charge in [0.05, 0.1) is 17.5 Å². The number of nitrogens with one attached hydrogen (secondary N) is 1. The van der Waals surface area contributed by atoms with Crippen molar-refractivity contribution in [1.82, 2.24) is 9.88 Å². The highest BCUT2D eigenvalue weighted by molar-refractivity contribution is 6.09. The van der Waals surface area contributed by atoms with Gasteiger partial charge in [0.25, 0.3) is 11.8 Å². The van der Waals surface area contributed by atoms with Gasteiger partial charge in [-0.3, -0.25) is 9.59 Å². The highest BCUT2D eigenvalue weighted by Gasteiger charge is 2.27. The second-order valence-corrected chi connectivity index (χ2v) is 8.18. The Bertz CT molecular complexity index is 1220. The molecule has 1 N–H and O–H groups in total. The normalized spacial score (nSPS) is 17.3. The van der Waals surface area contributed by atoms with Gasteiger partial charge in [0.2, 0.25) is 0 Å². The van der Waals surface area contributed by atoms with Gasteiger partial charge in [-0.05, 0) is 45.4 Å². The Morgan fingerprint density at radius 3 is 2.45 bits per heavy atom. The summed E-state index contributed by atoms with van der Waals surface area (Å²) in [6.45, 7) is 8.09. The molecule has 1 aliphatic heterocycles. The average Bonchev–Trinajstić information content (AvgIpc) is 3.04. The van der Waals surface area contributed by atoms with Crippen molar-refractivity contribution in [2.75, 3.05) is 6.54 Å². The SMILES string of the molecule is CC1=CC(C)=NC(=O)C1CNC(=O)c1c(C)n(C(C)c2ccccc2)c2ccccc12. The molecule has 0 bridgehead atoms.